The summed E-state index contributed by atoms with van der Waals surface area (Å²) in [6.07, 6.45) is 3.66. The zero-order valence-electron chi connectivity index (χ0n) is 95.6. The van der Waals surface area contributed by atoms with Crippen LogP contribution in [-0.4, -0.2) is 335 Å². The molecule has 0 atom stereocenters. The molecule has 29 nitrogen and oxygen atoms in total. The lowest BCUT2D eigenvalue weighted by atomic mass is 10.1. The van der Waals surface area contributed by atoms with Gasteiger partial charge in [0.2, 0.25) is 0 Å². The number of hydrogen-bond acceptors (Lipinski definition) is 29. The van der Waals surface area contributed by atoms with Crippen LogP contribution in [0.1, 0.15) is 310 Å². The van der Waals surface area contributed by atoms with Gasteiger partial charge in [0.25, 0.3) is 0 Å². The fraction of sp³-hybridized carbons (Fsp3) is 1.00. The lowest BCUT2D eigenvalue weighted by Gasteiger charge is -2.21. The van der Waals surface area contributed by atoms with Crippen molar-refractivity contribution in [2.45, 2.75) is 355 Å². The SMILES string of the molecule is CC(C)(C)NCCCCCOC(C)(C)C.CC(C)(C)OCCN.CC(C)(C)OCCOCCN.CC(C)(C)OCCOCCOCCN.CC(C)(C)OCCOCCOCCOCCN.CC(C)(C)OCCOCCOCCOCCOCCN.CC(C)(C)OCCOCCOCCOCCOCCOCCN.CC(C)C.CC(C)C.CC(C)C.CC(C)C.CC(C)C.CC(C)C. The highest BCUT2D eigenvalue weighted by molar-refractivity contribution is 4.70. The van der Waals surface area contributed by atoms with Crippen molar-refractivity contribution in [3.63, 3.8) is 0 Å². The molecule has 0 spiro atoms. The van der Waals surface area contributed by atoms with Crippen LogP contribution in [0, 0.1) is 35.5 Å². The summed E-state index contributed by atoms with van der Waals surface area (Å²) in [6.45, 7) is 115. The Morgan fingerprint density at radius 3 is 0.379 bits per heavy atom. The monoisotopic (exact) mass is 1930 g/mol. The number of hydrogen-bond donors (Lipinski definition) is 7. The Labute approximate surface area is 820 Å². The summed E-state index contributed by atoms with van der Waals surface area (Å²) in [6, 6.07) is 0. The number of nitrogens with two attached hydrogens (primary N) is 6. The molecule has 0 amide bonds. The molecule has 132 heavy (non-hydrogen) atoms. The van der Waals surface area contributed by atoms with Crippen LogP contribution in [0.2, 0.25) is 0 Å². The van der Waals surface area contributed by atoms with Crippen LogP contribution < -0.4 is 39.7 Å². The Morgan fingerprint density at radius 1 is 0.152 bits per heavy atom. The first-order valence-corrected chi connectivity index (χ1v) is 50.1. The predicted molar refractivity (Wildman–Crippen MR) is 561 cm³/mol. The van der Waals surface area contributed by atoms with Gasteiger partial charge >= 0.3 is 0 Å². The molecular formula is C103H239N7O22. The minimum Gasteiger partial charge on any atom is -0.378 e. The summed E-state index contributed by atoms with van der Waals surface area (Å²) in [5.74, 6) is 5.00. The van der Waals surface area contributed by atoms with Crippen molar-refractivity contribution in [2.24, 2.45) is 69.9 Å². The Morgan fingerprint density at radius 2 is 0.265 bits per heavy atom. The van der Waals surface area contributed by atoms with Gasteiger partial charge < -0.3 is 144 Å². The predicted octanol–water partition coefficient (Wildman–Crippen LogP) is 18.1. The van der Waals surface area contributed by atoms with E-state index in [1.54, 1.807) is 0 Å². The highest BCUT2D eigenvalue weighted by Gasteiger charge is 2.15. The van der Waals surface area contributed by atoms with Crippen LogP contribution in [-0.2, 0) is 104 Å². The van der Waals surface area contributed by atoms with Crippen LogP contribution in [0.5, 0.6) is 0 Å². The second-order valence-corrected chi connectivity index (χ2v) is 42.3. The summed E-state index contributed by atoms with van der Waals surface area (Å²) < 4.78 is 118. The lowest BCUT2D eigenvalue weighted by molar-refractivity contribution is -0.0464. The maximum atomic E-state index is 5.66. The third kappa shape index (κ3) is 286. The van der Waals surface area contributed by atoms with E-state index in [1.807, 2.05) is 125 Å². The minimum atomic E-state index is -0.113. The molecule has 0 aliphatic heterocycles. The molecule has 0 saturated heterocycles. The van der Waals surface area contributed by atoms with Gasteiger partial charge in [0.15, 0.2) is 0 Å². The molecular weight excluding hydrogens is 1690 g/mol. The molecule has 818 valence electrons. The second-order valence-electron chi connectivity index (χ2n) is 42.3. The molecule has 0 saturated carbocycles. The molecule has 0 aliphatic carbocycles. The summed E-state index contributed by atoms with van der Waals surface area (Å²) in [7, 11) is 0. The molecule has 0 heterocycles. The molecule has 29 heteroatoms. The Balaban J connectivity index is -0.000000110. The minimum absolute atomic E-state index is 0.0175. The normalized spacial score (nSPS) is 11.6. The van der Waals surface area contributed by atoms with E-state index in [-0.39, 0.29) is 44.7 Å². The molecule has 0 radical (unpaired) electrons. The molecule has 0 aliphatic rings. The van der Waals surface area contributed by atoms with Gasteiger partial charge in [-0.05, 0) is 227 Å². The third-order valence-corrected chi connectivity index (χ3v) is 11.5. The first-order valence-electron chi connectivity index (χ1n) is 50.1. The number of ether oxygens (including phenoxy) is 22. The van der Waals surface area contributed by atoms with Crippen LogP contribution in [0.25, 0.3) is 0 Å². The first kappa shape index (κ1) is 159. The van der Waals surface area contributed by atoms with E-state index in [0.29, 0.717) is 277 Å². The zero-order chi connectivity index (χ0) is 105. The summed E-state index contributed by atoms with van der Waals surface area (Å²) in [5.41, 5.74) is 31.3. The fourth-order valence-electron chi connectivity index (χ4n) is 6.77. The van der Waals surface area contributed by atoms with E-state index >= 15 is 0 Å². The average molecular weight is 1930 g/mol. The Kier molecular flexibility index (Phi) is 143. The third-order valence-electron chi connectivity index (χ3n) is 11.5. The van der Waals surface area contributed by atoms with Crippen molar-refractivity contribution in [1.29, 1.82) is 0 Å². The summed E-state index contributed by atoms with van der Waals surface area (Å²) in [4.78, 5) is 0. The van der Waals surface area contributed by atoms with Crippen LogP contribution in [0.4, 0.5) is 0 Å². The van der Waals surface area contributed by atoms with Gasteiger partial charge in [0, 0.05) is 51.4 Å². The van der Waals surface area contributed by atoms with Crippen LogP contribution in [0.3, 0.4) is 0 Å². The van der Waals surface area contributed by atoms with Crippen molar-refractivity contribution < 1.29 is 104 Å². The Bertz CT molecular complexity index is 1880. The largest absolute Gasteiger partial charge is 0.378 e. The van der Waals surface area contributed by atoms with E-state index in [9.17, 15) is 0 Å². The van der Waals surface area contributed by atoms with Crippen molar-refractivity contribution in [1.82, 2.24) is 5.32 Å². The molecule has 0 aromatic carbocycles. The van der Waals surface area contributed by atoms with Gasteiger partial charge in [0.1, 0.15) is 0 Å². The zero-order valence-corrected chi connectivity index (χ0v) is 95.6. The van der Waals surface area contributed by atoms with Gasteiger partial charge in [-0.25, -0.2) is 0 Å². The Hall–Kier alpha value is -1.16. The standard InChI is InChI=1S/C16H35NO6.C14H31NO5.C13H29NO.C12H27NO4.C10H23NO3.C8H19NO2.C6H15NO.6C4H10/c1-16(2,3)23-15-14-22-13-12-21-11-10-20-9-8-19-7-6-18-5-4-17;1-14(2,3)20-13-12-19-11-10-18-9-8-17-7-6-16-5-4-15;1-12(2,3)14-10-8-7-9-11-15-13(4,5)6;1-12(2,3)17-11-10-16-9-8-15-7-6-14-5-4-13;1-10(2,3)14-9-8-13-7-6-12-5-4-11;1-8(2,3)11-7-6-10-5-4-9;1-6(2,3)8-5-4-7;6*1-4(2)3/h4-15,17H2,1-3H3;4-13,15H2,1-3H3;14H,7-11H2,1-6H3;4-11,13H2,1-3H3;4-9,11H2,1-3H3;4-7,9H2,1-3H3;4-5,7H2,1-3H3;6*4H,1-3H3. The maximum Gasteiger partial charge on any atom is 0.0707 e. The van der Waals surface area contributed by atoms with E-state index in [2.05, 4.69) is 171 Å². The second kappa shape index (κ2) is 119. The van der Waals surface area contributed by atoms with Crippen LogP contribution in [0.15, 0.2) is 0 Å². The lowest BCUT2D eigenvalue weighted by Crippen LogP contribution is -2.36. The molecule has 13 N–H and O–H groups in total. The average Bonchev–Trinajstić information content (AvgIpc) is 0.997. The fourth-order valence-corrected chi connectivity index (χ4v) is 6.77. The number of nitrogens with one attached hydrogen (secondary N) is 1. The van der Waals surface area contributed by atoms with Crippen molar-refractivity contribution >= 4 is 0 Å². The van der Waals surface area contributed by atoms with Crippen molar-refractivity contribution in [2.75, 3.05) is 290 Å². The molecule has 0 bridgehead atoms. The summed E-state index contributed by atoms with van der Waals surface area (Å²) in [5, 5.41) is 3.49. The number of unbranched alkanes of at least 4 members (excludes halogenated alkanes) is 2. The van der Waals surface area contributed by atoms with E-state index in [0.717, 1.165) is 48.7 Å². The smallest absolute Gasteiger partial charge is 0.0707 e. The molecule has 0 fully saturated rings. The van der Waals surface area contributed by atoms with Gasteiger partial charge in [0.05, 0.1) is 277 Å². The van der Waals surface area contributed by atoms with Gasteiger partial charge in [-0.3, -0.25) is 0 Å². The van der Waals surface area contributed by atoms with Crippen LogP contribution >= 0.6 is 0 Å². The highest BCUT2D eigenvalue weighted by atomic mass is 16.6. The molecule has 0 aromatic rings. The maximum absolute atomic E-state index is 5.66. The van der Waals surface area contributed by atoms with E-state index in [1.165, 1.54) is 19.3 Å². The van der Waals surface area contributed by atoms with E-state index < -0.39 is 0 Å². The number of rotatable bonds is 63. The van der Waals surface area contributed by atoms with Gasteiger partial charge in [-0.15, -0.1) is 0 Å². The molecule has 0 rings (SSSR count). The topological polar surface area (TPSA) is 371 Å². The highest BCUT2D eigenvalue weighted by Crippen LogP contribution is 2.12. The molecule has 0 aromatic heterocycles. The van der Waals surface area contributed by atoms with Crippen molar-refractivity contribution in [3.8, 4) is 0 Å². The van der Waals surface area contributed by atoms with Crippen molar-refractivity contribution in [3.05, 3.63) is 0 Å². The van der Waals surface area contributed by atoms with Gasteiger partial charge in [-0.1, -0.05) is 125 Å². The van der Waals surface area contributed by atoms with E-state index in [4.69, 9.17) is 139 Å². The van der Waals surface area contributed by atoms with Gasteiger partial charge in [-0.2, -0.15) is 0 Å². The quantitative estimate of drug-likeness (QED) is 0.0278. The first-order chi connectivity index (χ1) is 61.0. The molecule has 0 unspecified atom stereocenters. The summed E-state index contributed by atoms with van der Waals surface area (Å²) >= 11 is 0.